The maximum atomic E-state index is 13.5. The Labute approximate surface area is 206 Å². The van der Waals surface area contributed by atoms with Crippen LogP contribution < -0.4 is 10.6 Å². The topological polar surface area (TPSA) is 84.3 Å². The Morgan fingerprint density at radius 2 is 2.06 bits per heavy atom. The number of carbonyl (C=O) groups excluding carboxylic acids is 1. The summed E-state index contributed by atoms with van der Waals surface area (Å²) in [5.74, 6) is 0. The highest BCUT2D eigenvalue weighted by molar-refractivity contribution is 7.14. The van der Waals surface area contributed by atoms with Crippen LogP contribution >= 0.6 is 11.3 Å². The molecule has 0 fully saturated rings. The van der Waals surface area contributed by atoms with Crippen LogP contribution in [0.5, 0.6) is 0 Å². The van der Waals surface area contributed by atoms with Crippen LogP contribution in [-0.4, -0.2) is 65.2 Å². The van der Waals surface area contributed by atoms with Crippen molar-refractivity contribution in [1.29, 1.82) is 0 Å². The van der Waals surface area contributed by atoms with Gasteiger partial charge in [0.1, 0.15) is 11.6 Å². The maximum absolute atomic E-state index is 13.5. The first-order valence-electron chi connectivity index (χ1n) is 11.4. The Balaban J connectivity index is 1.97. The minimum atomic E-state index is -4.42. The van der Waals surface area contributed by atoms with Gasteiger partial charge < -0.3 is 24.8 Å². The lowest BCUT2D eigenvalue weighted by Gasteiger charge is -2.22. The SMILES string of the molecule is CCC(CCN(C)CC)Nc1cccc2c1cc(-c1nnc(CNC(=O)OC)s1)n2CC(F)(F)F. The highest BCUT2D eigenvalue weighted by Gasteiger charge is 2.31. The number of aromatic nitrogens is 3. The van der Waals surface area contributed by atoms with E-state index in [0.29, 0.717) is 26.6 Å². The standard InChI is InChI=1S/C23H31F3N6O2S/c1-5-15(10-11-31(3)6-2)28-17-8-7-9-18-16(17)12-19(32(18)14-23(24,25)26)21-30-29-20(35-21)13-27-22(33)34-4/h7-9,12,15,28H,5-6,10-11,13-14H2,1-4H3,(H,27,33). The van der Waals surface area contributed by atoms with E-state index in [2.05, 4.69) is 51.4 Å². The number of nitrogens with zero attached hydrogens (tertiary/aromatic N) is 4. The Bertz CT molecular complexity index is 1130. The zero-order valence-corrected chi connectivity index (χ0v) is 21.1. The van der Waals surface area contributed by atoms with Crippen LogP contribution in [0.2, 0.25) is 0 Å². The molecule has 1 unspecified atom stereocenters. The second-order valence-corrected chi connectivity index (χ2v) is 9.31. The van der Waals surface area contributed by atoms with Crippen LogP contribution in [0.3, 0.4) is 0 Å². The smallest absolute Gasteiger partial charge is 0.407 e. The van der Waals surface area contributed by atoms with Crippen molar-refractivity contribution >= 4 is 34.0 Å². The molecular formula is C23H31F3N6O2S. The number of alkyl carbamates (subject to hydrolysis) is 1. The second kappa shape index (κ2) is 11.7. The summed E-state index contributed by atoms with van der Waals surface area (Å²) < 4.78 is 46.4. The number of amides is 1. The van der Waals surface area contributed by atoms with E-state index in [9.17, 15) is 18.0 Å². The Kier molecular flexibility index (Phi) is 8.95. The van der Waals surface area contributed by atoms with E-state index in [1.165, 1.54) is 11.7 Å². The highest BCUT2D eigenvalue weighted by Crippen LogP contribution is 2.36. The van der Waals surface area contributed by atoms with E-state index >= 15 is 0 Å². The molecule has 2 aromatic heterocycles. The summed E-state index contributed by atoms with van der Waals surface area (Å²) in [5.41, 5.74) is 1.58. The lowest BCUT2D eigenvalue weighted by atomic mass is 10.1. The van der Waals surface area contributed by atoms with Crippen LogP contribution in [0, 0.1) is 0 Å². The van der Waals surface area contributed by atoms with Crippen molar-refractivity contribution in [2.45, 2.75) is 52.0 Å². The number of methoxy groups -OCH3 is 1. The zero-order chi connectivity index (χ0) is 25.6. The summed E-state index contributed by atoms with van der Waals surface area (Å²) in [5, 5.41) is 15.7. The van der Waals surface area contributed by atoms with Gasteiger partial charge in [-0.1, -0.05) is 31.3 Å². The first-order valence-corrected chi connectivity index (χ1v) is 12.2. The highest BCUT2D eigenvalue weighted by atomic mass is 32.1. The number of hydrogen-bond acceptors (Lipinski definition) is 7. The van der Waals surface area contributed by atoms with Crippen LogP contribution in [-0.2, 0) is 17.8 Å². The maximum Gasteiger partial charge on any atom is 0.407 e. The van der Waals surface area contributed by atoms with Crippen molar-refractivity contribution in [2.24, 2.45) is 0 Å². The average Bonchev–Trinajstić information content (AvgIpc) is 3.44. The van der Waals surface area contributed by atoms with E-state index in [4.69, 9.17) is 0 Å². The molecule has 0 aliphatic rings. The van der Waals surface area contributed by atoms with Crippen LogP contribution in [0.25, 0.3) is 21.6 Å². The second-order valence-electron chi connectivity index (χ2n) is 8.25. The molecule has 192 valence electrons. The third-order valence-corrected chi connectivity index (χ3v) is 6.74. The number of carbonyl (C=O) groups is 1. The summed E-state index contributed by atoms with van der Waals surface area (Å²) in [7, 11) is 3.31. The van der Waals surface area contributed by atoms with Gasteiger partial charge in [0.2, 0.25) is 0 Å². The largest absolute Gasteiger partial charge is 0.453 e. The Morgan fingerprint density at radius 1 is 1.29 bits per heavy atom. The average molecular weight is 513 g/mol. The quantitative estimate of drug-likeness (QED) is 0.372. The summed E-state index contributed by atoms with van der Waals surface area (Å²) >= 11 is 1.13. The number of nitrogens with one attached hydrogen (secondary N) is 2. The number of benzene rings is 1. The predicted molar refractivity (Wildman–Crippen MR) is 132 cm³/mol. The monoisotopic (exact) mass is 512 g/mol. The van der Waals surface area contributed by atoms with Crippen molar-refractivity contribution in [3.63, 3.8) is 0 Å². The zero-order valence-electron chi connectivity index (χ0n) is 20.3. The van der Waals surface area contributed by atoms with E-state index in [-0.39, 0.29) is 12.6 Å². The molecule has 2 N–H and O–H groups in total. The van der Waals surface area contributed by atoms with Crippen molar-refractivity contribution in [3.05, 3.63) is 29.3 Å². The fourth-order valence-electron chi connectivity index (χ4n) is 3.72. The molecule has 1 amide bonds. The summed E-state index contributed by atoms with van der Waals surface area (Å²) in [6, 6.07) is 7.25. The summed E-state index contributed by atoms with van der Waals surface area (Å²) in [6.45, 7) is 4.99. The van der Waals surface area contributed by atoms with E-state index in [0.717, 1.165) is 43.0 Å². The fourth-order valence-corrected chi connectivity index (χ4v) is 4.52. The molecule has 1 aromatic carbocycles. The molecule has 2 heterocycles. The molecule has 0 radical (unpaired) electrons. The minimum absolute atomic E-state index is 0.0705. The van der Waals surface area contributed by atoms with Gasteiger partial charge in [-0.15, -0.1) is 10.2 Å². The molecule has 0 spiro atoms. The molecule has 0 aliphatic heterocycles. The van der Waals surface area contributed by atoms with Crippen molar-refractivity contribution in [3.8, 4) is 10.7 Å². The lowest BCUT2D eigenvalue weighted by molar-refractivity contribution is -0.139. The van der Waals surface area contributed by atoms with Gasteiger partial charge in [-0.3, -0.25) is 0 Å². The van der Waals surface area contributed by atoms with Gasteiger partial charge in [0, 0.05) is 17.1 Å². The number of rotatable bonds is 11. The van der Waals surface area contributed by atoms with Gasteiger partial charge in [-0.25, -0.2) is 4.79 Å². The normalized spacial score (nSPS) is 12.8. The Hall–Kier alpha value is -2.86. The summed E-state index contributed by atoms with van der Waals surface area (Å²) in [4.78, 5) is 13.6. The van der Waals surface area contributed by atoms with Gasteiger partial charge in [0.25, 0.3) is 0 Å². The molecule has 0 bridgehead atoms. The molecule has 12 heteroatoms. The van der Waals surface area contributed by atoms with Crippen LogP contribution in [0.15, 0.2) is 24.3 Å². The molecule has 1 atom stereocenters. The third kappa shape index (κ3) is 7.07. The van der Waals surface area contributed by atoms with Gasteiger partial charge in [0.15, 0.2) is 5.01 Å². The first-order chi connectivity index (χ1) is 16.6. The van der Waals surface area contributed by atoms with Gasteiger partial charge in [0.05, 0.1) is 24.9 Å². The lowest BCUT2D eigenvalue weighted by Crippen LogP contribution is -2.27. The molecule has 8 nitrogen and oxygen atoms in total. The van der Waals surface area contributed by atoms with E-state index in [1.54, 1.807) is 18.2 Å². The molecule has 35 heavy (non-hydrogen) atoms. The number of anilines is 1. The minimum Gasteiger partial charge on any atom is -0.453 e. The summed E-state index contributed by atoms with van der Waals surface area (Å²) in [6.07, 6.45) is -3.24. The molecule has 0 saturated carbocycles. The number of fused-ring (bicyclic) bond motifs is 1. The number of alkyl halides is 3. The van der Waals surface area contributed by atoms with Gasteiger partial charge >= 0.3 is 12.3 Å². The number of ether oxygens (including phenoxy) is 1. The molecule has 3 aromatic rings. The molecule has 3 rings (SSSR count). The fraction of sp³-hybridized carbons (Fsp3) is 0.522. The Morgan fingerprint density at radius 3 is 2.71 bits per heavy atom. The van der Waals surface area contributed by atoms with Crippen LogP contribution in [0.1, 0.15) is 31.7 Å². The molecule has 0 saturated heterocycles. The van der Waals surface area contributed by atoms with Crippen LogP contribution in [0.4, 0.5) is 23.7 Å². The van der Waals surface area contributed by atoms with Gasteiger partial charge in [-0.2, -0.15) is 13.2 Å². The van der Waals surface area contributed by atoms with Gasteiger partial charge in [-0.05, 0) is 51.2 Å². The third-order valence-electron chi connectivity index (χ3n) is 5.79. The first kappa shape index (κ1) is 26.7. The van der Waals surface area contributed by atoms with Crippen molar-refractivity contribution < 1.29 is 22.7 Å². The predicted octanol–water partition coefficient (Wildman–Crippen LogP) is 5.11. The number of hydrogen-bond donors (Lipinski definition) is 2. The van der Waals surface area contributed by atoms with Crippen molar-refractivity contribution in [2.75, 3.05) is 32.6 Å². The number of halogens is 3. The van der Waals surface area contributed by atoms with E-state index in [1.807, 2.05) is 6.07 Å². The molecule has 0 aliphatic carbocycles. The van der Waals surface area contributed by atoms with E-state index < -0.39 is 18.8 Å². The molecular weight excluding hydrogens is 481 g/mol. The van der Waals surface area contributed by atoms with Crippen molar-refractivity contribution in [1.82, 2.24) is 25.0 Å².